The normalized spacial score (nSPS) is 14.0. The molecular formula is C44H54FN7O8. The minimum absolute atomic E-state index is 0.0388. The lowest BCUT2D eigenvalue weighted by Crippen LogP contribution is -2.39. The number of hydrogen-bond donors (Lipinski definition) is 1. The number of hydrogen-bond acceptors (Lipinski definition) is 13. The van der Waals surface area contributed by atoms with Crippen LogP contribution in [0.1, 0.15) is 88.1 Å². The van der Waals surface area contributed by atoms with Crippen molar-refractivity contribution in [3.8, 4) is 29.0 Å². The summed E-state index contributed by atoms with van der Waals surface area (Å²) in [6, 6.07) is 14.3. The third kappa shape index (κ3) is 9.99. The Kier molecular flexibility index (Phi) is 13.6. The fourth-order valence-corrected chi connectivity index (χ4v) is 6.92. The summed E-state index contributed by atoms with van der Waals surface area (Å²) < 4.78 is 51.7. The van der Waals surface area contributed by atoms with Gasteiger partial charge in [-0.05, 0) is 82.5 Å². The smallest absolute Gasteiger partial charge is 0.410 e. The quantitative estimate of drug-likeness (QED) is 0.0974. The van der Waals surface area contributed by atoms with E-state index >= 15 is 4.39 Å². The Morgan fingerprint density at radius 1 is 0.933 bits per heavy atom. The van der Waals surface area contributed by atoms with E-state index < -0.39 is 23.7 Å². The first-order chi connectivity index (χ1) is 28.7. The molecule has 2 unspecified atom stereocenters. The highest BCUT2D eigenvalue weighted by molar-refractivity contribution is 5.72. The molecule has 3 aromatic heterocycles. The van der Waals surface area contributed by atoms with E-state index in [1.165, 1.54) is 16.8 Å². The van der Waals surface area contributed by atoms with Gasteiger partial charge < -0.3 is 43.3 Å². The van der Waals surface area contributed by atoms with Gasteiger partial charge in [0.15, 0.2) is 11.5 Å². The maximum atomic E-state index is 16.0. The maximum absolute atomic E-state index is 16.0. The summed E-state index contributed by atoms with van der Waals surface area (Å²) in [4.78, 5) is 30.0. The molecule has 320 valence electrons. The molecule has 0 radical (unpaired) electrons. The number of nitrogens with zero attached hydrogens (tertiary/aromatic N) is 7. The van der Waals surface area contributed by atoms with Crippen LogP contribution in [0.3, 0.4) is 0 Å². The SMILES string of the molecule is CCCC(C)Oc1nc(N(Cc2ccc(OC)cc2OC)Cc2ccc(OC)cc2OC)c2ncc(C(O)c3ccc(C4=CCN(C(=O)OC(C)(C)C)CC4)nc3F)n2n1. The van der Waals surface area contributed by atoms with Crippen LogP contribution in [0, 0.1) is 5.95 Å². The number of imidazole rings is 1. The standard InChI is InChI=1S/C44H54FN7O8/c1-10-11-27(2)59-42-48-41(51(25-29-12-14-31(55-6)22-36(29)57-8)26-30-13-15-32(56-7)23-37(30)58-9)40-46-24-35(52(40)49-42)38(53)33-16-17-34(47-39(33)45)28-18-20-50(21-19-28)43(54)60-44(3,4)5/h12-18,22-24,27,38,53H,10-11,19-21,25-26H2,1-9H3. The summed E-state index contributed by atoms with van der Waals surface area (Å²) in [5.74, 6) is 1.96. The molecule has 15 nitrogen and oxygen atoms in total. The van der Waals surface area contributed by atoms with Gasteiger partial charge in [-0.15, -0.1) is 5.10 Å². The Labute approximate surface area is 349 Å². The molecule has 1 aliphatic heterocycles. The van der Waals surface area contributed by atoms with Gasteiger partial charge in [0.1, 0.15) is 34.7 Å². The Hall–Kier alpha value is -6.16. The van der Waals surface area contributed by atoms with Crippen LogP contribution >= 0.6 is 0 Å². The van der Waals surface area contributed by atoms with E-state index in [-0.39, 0.29) is 42.1 Å². The van der Waals surface area contributed by atoms with Crippen LogP contribution in [0.4, 0.5) is 15.0 Å². The van der Waals surface area contributed by atoms with Gasteiger partial charge >= 0.3 is 12.1 Å². The second-order valence-corrected chi connectivity index (χ2v) is 15.5. The van der Waals surface area contributed by atoms with Crippen molar-refractivity contribution < 1.29 is 42.7 Å². The molecule has 0 saturated heterocycles. The number of carbonyl (C=O) groups excluding carboxylic acids is 1. The number of ether oxygens (including phenoxy) is 6. The number of halogens is 1. The average Bonchev–Trinajstić information content (AvgIpc) is 3.66. The highest BCUT2D eigenvalue weighted by Crippen LogP contribution is 2.35. The van der Waals surface area contributed by atoms with Crippen LogP contribution in [0.15, 0.2) is 60.8 Å². The van der Waals surface area contributed by atoms with Crippen molar-refractivity contribution in [2.75, 3.05) is 46.4 Å². The van der Waals surface area contributed by atoms with Gasteiger partial charge in [0.05, 0.1) is 52.1 Å². The molecule has 0 bridgehead atoms. The minimum atomic E-state index is -1.52. The van der Waals surface area contributed by atoms with Crippen LogP contribution < -0.4 is 28.6 Å². The zero-order valence-corrected chi connectivity index (χ0v) is 35.7. The number of aliphatic hydroxyl groups is 1. The molecule has 0 spiro atoms. The van der Waals surface area contributed by atoms with Crippen molar-refractivity contribution >= 4 is 23.1 Å². The predicted molar refractivity (Wildman–Crippen MR) is 223 cm³/mol. The largest absolute Gasteiger partial charge is 0.497 e. The molecule has 0 aliphatic carbocycles. The van der Waals surface area contributed by atoms with E-state index in [2.05, 4.69) is 11.9 Å². The van der Waals surface area contributed by atoms with E-state index in [4.69, 9.17) is 43.5 Å². The number of benzene rings is 2. The molecule has 1 N–H and O–H groups in total. The molecule has 2 atom stereocenters. The molecule has 6 rings (SSSR count). The number of pyridine rings is 1. The summed E-state index contributed by atoms with van der Waals surface area (Å²) in [7, 11) is 6.36. The van der Waals surface area contributed by atoms with Gasteiger partial charge in [0.2, 0.25) is 5.95 Å². The Bertz CT molecular complexity index is 2270. The maximum Gasteiger partial charge on any atom is 0.410 e. The number of rotatable bonds is 16. The van der Waals surface area contributed by atoms with Gasteiger partial charge in [-0.1, -0.05) is 19.4 Å². The van der Waals surface area contributed by atoms with E-state index in [1.807, 2.05) is 62.9 Å². The first kappa shape index (κ1) is 43.4. The molecule has 60 heavy (non-hydrogen) atoms. The van der Waals surface area contributed by atoms with E-state index in [1.54, 1.807) is 51.5 Å². The molecule has 16 heteroatoms. The van der Waals surface area contributed by atoms with Gasteiger partial charge in [-0.25, -0.2) is 19.3 Å². The molecule has 1 aliphatic rings. The van der Waals surface area contributed by atoms with E-state index in [0.717, 1.165) is 29.5 Å². The third-order valence-electron chi connectivity index (χ3n) is 10.0. The van der Waals surface area contributed by atoms with Crippen LogP contribution in [0.2, 0.25) is 0 Å². The second-order valence-electron chi connectivity index (χ2n) is 15.5. The van der Waals surface area contributed by atoms with Crippen molar-refractivity contribution in [2.24, 2.45) is 0 Å². The zero-order chi connectivity index (χ0) is 43.1. The Morgan fingerprint density at radius 2 is 1.58 bits per heavy atom. The first-order valence-corrected chi connectivity index (χ1v) is 19.9. The number of anilines is 1. The monoisotopic (exact) mass is 827 g/mol. The van der Waals surface area contributed by atoms with Crippen LogP contribution in [-0.2, 0) is 17.8 Å². The van der Waals surface area contributed by atoms with Crippen molar-refractivity contribution in [3.05, 3.63) is 94.8 Å². The number of carbonyl (C=O) groups is 1. The third-order valence-corrected chi connectivity index (χ3v) is 10.0. The van der Waals surface area contributed by atoms with Gasteiger partial charge in [-0.3, -0.25) is 0 Å². The number of fused-ring (bicyclic) bond motifs is 1. The Balaban J connectivity index is 1.40. The number of aromatic nitrogens is 5. The Morgan fingerprint density at radius 3 is 2.12 bits per heavy atom. The lowest BCUT2D eigenvalue weighted by atomic mass is 10.0. The zero-order valence-electron chi connectivity index (χ0n) is 35.7. The minimum Gasteiger partial charge on any atom is -0.497 e. The molecule has 5 aromatic rings. The lowest BCUT2D eigenvalue weighted by molar-refractivity contribution is 0.0270. The fraction of sp³-hybridized carbons (Fsp3) is 0.432. The van der Waals surface area contributed by atoms with E-state index in [0.29, 0.717) is 54.0 Å². The highest BCUT2D eigenvalue weighted by Gasteiger charge is 2.29. The lowest BCUT2D eigenvalue weighted by Gasteiger charge is -2.29. The number of methoxy groups -OCH3 is 4. The summed E-state index contributed by atoms with van der Waals surface area (Å²) >= 11 is 0. The summed E-state index contributed by atoms with van der Waals surface area (Å²) in [6.45, 7) is 10.7. The first-order valence-electron chi connectivity index (χ1n) is 19.9. The van der Waals surface area contributed by atoms with Gasteiger partial charge in [-0.2, -0.15) is 9.37 Å². The average molecular weight is 828 g/mol. The molecule has 2 aromatic carbocycles. The summed E-state index contributed by atoms with van der Waals surface area (Å²) in [5, 5.41) is 16.6. The summed E-state index contributed by atoms with van der Waals surface area (Å²) in [5.41, 5.74) is 2.59. The van der Waals surface area contributed by atoms with Gasteiger partial charge in [0, 0.05) is 55.0 Å². The number of aliphatic hydroxyl groups excluding tert-OH is 1. The van der Waals surface area contributed by atoms with Crippen LogP contribution in [-0.4, -0.2) is 93.9 Å². The molecular weight excluding hydrogens is 774 g/mol. The number of amides is 1. The van der Waals surface area contributed by atoms with Crippen molar-refractivity contribution in [1.82, 2.24) is 29.5 Å². The van der Waals surface area contributed by atoms with Crippen LogP contribution in [0.5, 0.6) is 29.0 Å². The second kappa shape index (κ2) is 18.8. The topological polar surface area (TPSA) is 155 Å². The highest BCUT2D eigenvalue weighted by atomic mass is 19.1. The molecule has 0 saturated carbocycles. The van der Waals surface area contributed by atoms with Gasteiger partial charge in [0.25, 0.3) is 0 Å². The van der Waals surface area contributed by atoms with Crippen molar-refractivity contribution in [1.29, 1.82) is 0 Å². The molecule has 4 heterocycles. The van der Waals surface area contributed by atoms with E-state index in [9.17, 15) is 9.90 Å². The summed E-state index contributed by atoms with van der Waals surface area (Å²) in [6.07, 6.45) is 3.18. The predicted octanol–water partition coefficient (Wildman–Crippen LogP) is 7.57. The molecule has 1 amide bonds. The molecule has 0 fully saturated rings. The van der Waals surface area contributed by atoms with Crippen molar-refractivity contribution in [2.45, 2.75) is 84.8 Å². The van der Waals surface area contributed by atoms with Crippen molar-refractivity contribution in [3.63, 3.8) is 0 Å². The van der Waals surface area contributed by atoms with Crippen LogP contribution in [0.25, 0.3) is 11.2 Å². The fourth-order valence-electron chi connectivity index (χ4n) is 6.92.